The summed E-state index contributed by atoms with van der Waals surface area (Å²) >= 11 is 0. The van der Waals surface area contributed by atoms with Gasteiger partial charge in [-0.25, -0.2) is 4.98 Å². The summed E-state index contributed by atoms with van der Waals surface area (Å²) in [5.41, 5.74) is 5.83. The summed E-state index contributed by atoms with van der Waals surface area (Å²) in [7, 11) is 2.16. The Morgan fingerprint density at radius 2 is 2.05 bits per heavy atom. The van der Waals surface area contributed by atoms with E-state index in [0.29, 0.717) is 17.9 Å². The third-order valence-corrected chi connectivity index (χ3v) is 3.90. The Labute approximate surface area is 123 Å². The average Bonchev–Trinajstić information content (AvgIpc) is 3.01. The smallest absolute Gasteiger partial charge is 0.241 e. The van der Waals surface area contributed by atoms with Crippen LogP contribution in [-0.4, -0.2) is 62.1 Å². The molecule has 0 amide bonds. The molecular weight excluding hydrogens is 268 g/mol. The molecule has 0 aliphatic carbocycles. The number of nitrogens with two attached hydrogens (primary N) is 1. The zero-order valence-electron chi connectivity index (χ0n) is 12.3. The second-order valence-electron chi connectivity index (χ2n) is 5.25. The highest BCUT2D eigenvalue weighted by atomic mass is 15.4. The van der Waals surface area contributed by atoms with Gasteiger partial charge in [0.05, 0.1) is 0 Å². The van der Waals surface area contributed by atoms with Crippen molar-refractivity contribution in [3.8, 4) is 5.95 Å². The highest BCUT2D eigenvalue weighted by Gasteiger charge is 2.25. The molecule has 0 radical (unpaired) electrons. The number of piperazine rings is 1. The van der Waals surface area contributed by atoms with Gasteiger partial charge in [-0.05, 0) is 13.5 Å². The topological polar surface area (TPSA) is 89.0 Å². The van der Waals surface area contributed by atoms with E-state index in [2.05, 4.69) is 43.7 Å². The van der Waals surface area contributed by atoms with Gasteiger partial charge in [0.25, 0.3) is 0 Å². The van der Waals surface area contributed by atoms with Crippen molar-refractivity contribution >= 4 is 11.9 Å². The van der Waals surface area contributed by atoms with Crippen molar-refractivity contribution in [2.24, 2.45) is 0 Å². The van der Waals surface area contributed by atoms with E-state index in [0.717, 1.165) is 26.1 Å². The minimum Gasteiger partial charge on any atom is -0.368 e. The molecule has 2 aromatic rings. The molecule has 1 atom stereocenters. The van der Waals surface area contributed by atoms with Crippen molar-refractivity contribution in [2.75, 3.05) is 37.3 Å². The monoisotopic (exact) mass is 288 g/mol. The maximum atomic E-state index is 5.83. The number of aromatic nitrogens is 5. The Hall–Kier alpha value is -2.22. The van der Waals surface area contributed by atoms with E-state index in [1.54, 1.807) is 23.3 Å². The summed E-state index contributed by atoms with van der Waals surface area (Å²) in [6.45, 7) is 4.98. The van der Waals surface area contributed by atoms with E-state index >= 15 is 0 Å². The zero-order valence-corrected chi connectivity index (χ0v) is 12.3. The summed E-state index contributed by atoms with van der Waals surface area (Å²) in [6.07, 6.45) is 6.22. The lowest BCUT2D eigenvalue weighted by Gasteiger charge is -2.39. The van der Waals surface area contributed by atoms with Crippen LogP contribution in [0.25, 0.3) is 5.95 Å². The van der Waals surface area contributed by atoms with Crippen molar-refractivity contribution in [3.05, 3.63) is 18.7 Å². The molecule has 1 aliphatic heterocycles. The van der Waals surface area contributed by atoms with Gasteiger partial charge in [0.15, 0.2) is 0 Å². The minimum atomic E-state index is 0.232. The molecule has 0 spiro atoms. The van der Waals surface area contributed by atoms with E-state index < -0.39 is 0 Å². The Kier molecular flexibility index (Phi) is 3.70. The highest BCUT2D eigenvalue weighted by molar-refractivity contribution is 5.38. The molecule has 8 nitrogen and oxygen atoms in total. The quantitative estimate of drug-likeness (QED) is 0.861. The van der Waals surface area contributed by atoms with Gasteiger partial charge in [-0.2, -0.15) is 15.0 Å². The molecule has 2 aromatic heterocycles. The lowest BCUT2D eigenvalue weighted by molar-refractivity contribution is 0.212. The standard InChI is InChI=1S/C13H20N8/c1-3-10-8-20(7-6-19(10)2)12-16-11(14)17-13(18-12)21-5-4-15-9-21/h4-5,9-10H,3,6-8H2,1-2H3,(H2,14,16,17,18). The van der Waals surface area contributed by atoms with Crippen LogP contribution >= 0.6 is 0 Å². The van der Waals surface area contributed by atoms with Crippen LogP contribution in [0.5, 0.6) is 0 Å². The number of anilines is 2. The normalized spacial score (nSPS) is 19.9. The summed E-state index contributed by atoms with van der Waals surface area (Å²) in [5.74, 6) is 1.37. The molecule has 1 aliphatic rings. The lowest BCUT2D eigenvalue weighted by atomic mass is 10.1. The first-order valence-electron chi connectivity index (χ1n) is 7.12. The van der Waals surface area contributed by atoms with Gasteiger partial charge in [-0.15, -0.1) is 0 Å². The number of hydrogen-bond donors (Lipinski definition) is 1. The predicted octanol–water partition coefficient (Wildman–Crippen LogP) is 0.170. The van der Waals surface area contributed by atoms with Crippen LogP contribution in [0.1, 0.15) is 13.3 Å². The number of imidazole rings is 1. The molecule has 112 valence electrons. The molecule has 1 saturated heterocycles. The molecule has 0 bridgehead atoms. The Morgan fingerprint density at radius 1 is 1.24 bits per heavy atom. The molecule has 1 fully saturated rings. The van der Waals surface area contributed by atoms with Gasteiger partial charge in [0.2, 0.25) is 17.8 Å². The van der Waals surface area contributed by atoms with Gasteiger partial charge in [0, 0.05) is 38.1 Å². The van der Waals surface area contributed by atoms with Crippen LogP contribution in [-0.2, 0) is 0 Å². The summed E-state index contributed by atoms with van der Waals surface area (Å²) < 4.78 is 1.73. The molecule has 1 unspecified atom stereocenters. The van der Waals surface area contributed by atoms with Crippen LogP contribution in [0.4, 0.5) is 11.9 Å². The molecule has 0 aromatic carbocycles. The van der Waals surface area contributed by atoms with Crippen molar-refractivity contribution in [3.63, 3.8) is 0 Å². The molecule has 21 heavy (non-hydrogen) atoms. The van der Waals surface area contributed by atoms with E-state index in [-0.39, 0.29) is 5.95 Å². The second kappa shape index (κ2) is 5.65. The summed E-state index contributed by atoms with van der Waals surface area (Å²) in [4.78, 5) is 21.5. The maximum absolute atomic E-state index is 5.83. The van der Waals surface area contributed by atoms with E-state index in [1.165, 1.54) is 0 Å². The first-order chi connectivity index (χ1) is 10.2. The van der Waals surface area contributed by atoms with E-state index in [9.17, 15) is 0 Å². The third kappa shape index (κ3) is 2.80. The van der Waals surface area contributed by atoms with Crippen LogP contribution in [0.3, 0.4) is 0 Å². The second-order valence-corrected chi connectivity index (χ2v) is 5.25. The van der Waals surface area contributed by atoms with Crippen LogP contribution in [0.15, 0.2) is 18.7 Å². The van der Waals surface area contributed by atoms with Gasteiger partial charge in [0.1, 0.15) is 6.33 Å². The number of rotatable bonds is 3. The van der Waals surface area contributed by atoms with Gasteiger partial charge in [-0.1, -0.05) is 6.92 Å². The van der Waals surface area contributed by atoms with Crippen LogP contribution < -0.4 is 10.6 Å². The summed E-state index contributed by atoms with van der Waals surface area (Å²) in [5, 5.41) is 0. The number of likely N-dealkylation sites (N-methyl/N-ethyl adjacent to an activating group) is 1. The molecule has 8 heteroatoms. The van der Waals surface area contributed by atoms with Crippen molar-refractivity contribution in [1.82, 2.24) is 29.4 Å². The molecule has 2 N–H and O–H groups in total. The van der Waals surface area contributed by atoms with Gasteiger partial charge >= 0.3 is 0 Å². The van der Waals surface area contributed by atoms with Crippen LogP contribution in [0, 0.1) is 0 Å². The molecule has 3 rings (SSSR count). The first kappa shape index (κ1) is 13.7. The van der Waals surface area contributed by atoms with E-state index in [4.69, 9.17) is 5.73 Å². The lowest BCUT2D eigenvalue weighted by Crippen LogP contribution is -2.51. The third-order valence-electron chi connectivity index (χ3n) is 3.90. The fraction of sp³-hybridized carbons (Fsp3) is 0.538. The Bertz CT molecular complexity index is 596. The predicted molar refractivity (Wildman–Crippen MR) is 80.3 cm³/mol. The van der Waals surface area contributed by atoms with Crippen molar-refractivity contribution in [1.29, 1.82) is 0 Å². The first-order valence-corrected chi connectivity index (χ1v) is 7.12. The average molecular weight is 288 g/mol. The number of nitrogens with zero attached hydrogens (tertiary/aromatic N) is 7. The van der Waals surface area contributed by atoms with Crippen molar-refractivity contribution in [2.45, 2.75) is 19.4 Å². The van der Waals surface area contributed by atoms with Gasteiger partial charge in [-0.3, -0.25) is 9.47 Å². The molecule has 0 saturated carbocycles. The Balaban J connectivity index is 1.88. The van der Waals surface area contributed by atoms with Crippen LogP contribution in [0.2, 0.25) is 0 Å². The fourth-order valence-electron chi connectivity index (χ4n) is 2.57. The highest BCUT2D eigenvalue weighted by Crippen LogP contribution is 2.17. The SMILES string of the molecule is CCC1CN(c2nc(N)nc(-n3ccnc3)n2)CCN1C. The molecule has 3 heterocycles. The maximum Gasteiger partial charge on any atom is 0.241 e. The fourth-order valence-corrected chi connectivity index (χ4v) is 2.57. The Morgan fingerprint density at radius 3 is 2.76 bits per heavy atom. The van der Waals surface area contributed by atoms with Crippen molar-refractivity contribution < 1.29 is 0 Å². The number of hydrogen-bond acceptors (Lipinski definition) is 7. The zero-order chi connectivity index (χ0) is 14.8. The van der Waals surface area contributed by atoms with E-state index in [1.807, 2.05) is 0 Å². The molecular formula is C13H20N8. The summed E-state index contributed by atoms with van der Waals surface area (Å²) in [6, 6.07) is 0.508. The number of nitrogen functional groups attached to an aromatic ring is 1. The van der Waals surface area contributed by atoms with Gasteiger partial charge < -0.3 is 10.6 Å². The minimum absolute atomic E-state index is 0.232. The largest absolute Gasteiger partial charge is 0.368 e.